The fourth-order valence-corrected chi connectivity index (χ4v) is 1.41. The Hall–Kier alpha value is -1.90. The van der Waals surface area contributed by atoms with Crippen molar-refractivity contribution in [3.63, 3.8) is 0 Å². The van der Waals surface area contributed by atoms with Crippen LogP contribution in [0.1, 0.15) is 11.1 Å². The monoisotopic (exact) mass is 216 g/mol. The Morgan fingerprint density at radius 2 is 2.19 bits per heavy atom. The molecule has 3 heteroatoms. The smallest absolute Gasteiger partial charge is 0.128 e. The maximum atomic E-state index is 13.3. The fourth-order valence-electron chi connectivity index (χ4n) is 1.41. The molecular weight excluding hydrogens is 203 g/mol. The molecule has 0 radical (unpaired) electrons. The Kier molecular flexibility index (Phi) is 3.15. The molecule has 2 nitrogen and oxygen atoms in total. The highest BCUT2D eigenvalue weighted by atomic mass is 19.1. The maximum absolute atomic E-state index is 13.3. The molecule has 0 unspecified atom stereocenters. The highest BCUT2D eigenvalue weighted by Crippen LogP contribution is 2.14. The first kappa shape index (κ1) is 10.6. The Morgan fingerprint density at radius 3 is 2.88 bits per heavy atom. The second-order valence-corrected chi connectivity index (χ2v) is 3.68. The van der Waals surface area contributed by atoms with Crippen LogP contribution in [0.2, 0.25) is 0 Å². The second-order valence-electron chi connectivity index (χ2n) is 3.68. The van der Waals surface area contributed by atoms with Crippen molar-refractivity contribution in [2.24, 2.45) is 0 Å². The first-order valence-corrected chi connectivity index (χ1v) is 5.14. The minimum Gasteiger partial charge on any atom is -0.381 e. The van der Waals surface area contributed by atoms with Crippen LogP contribution < -0.4 is 5.32 Å². The van der Waals surface area contributed by atoms with Gasteiger partial charge in [0.1, 0.15) is 5.82 Å². The highest BCUT2D eigenvalue weighted by Gasteiger charge is 1.99. The van der Waals surface area contributed by atoms with Gasteiger partial charge in [-0.3, -0.25) is 4.98 Å². The molecule has 0 amide bonds. The molecule has 0 aliphatic rings. The standard InChI is InChI=1S/C13H13FN2/c1-10-4-5-12(7-13(10)14)16-9-11-3-2-6-15-8-11/h2-8,16H,9H2,1H3. The topological polar surface area (TPSA) is 24.9 Å². The van der Waals surface area contributed by atoms with E-state index in [9.17, 15) is 4.39 Å². The summed E-state index contributed by atoms with van der Waals surface area (Å²) in [7, 11) is 0. The summed E-state index contributed by atoms with van der Waals surface area (Å²) in [6, 6.07) is 9.00. The number of aryl methyl sites for hydroxylation is 1. The van der Waals surface area contributed by atoms with E-state index in [0.29, 0.717) is 12.1 Å². The molecule has 0 atom stereocenters. The quantitative estimate of drug-likeness (QED) is 0.852. The molecule has 16 heavy (non-hydrogen) atoms. The van der Waals surface area contributed by atoms with Crippen LogP contribution in [0.25, 0.3) is 0 Å². The minimum absolute atomic E-state index is 0.184. The van der Waals surface area contributed by atoms with Gasteiger partial charge in [0.2, 0.25) is 0 Å². The third-order valence-electron chi connectivity index (χ3n) is 2.39. The summed E-state index contributed by atoms with van der Waals surface area (Å²) in [6.45, 7) is 2.40. The van der Waals surface area contributed by atoms with Gasteiger partial charge in [-0.2, -0.15) is 0 Å². The third kappa shape index (κ3) is 2.57. The van der Waals surface area contributed by atoms with Crippen molar-refractivity contribution in [2.45, 2.75) is 13.5 Å². The molecule has 0 aliphatic carbocycles. The SMILES string of the molecule is Cc1ccc(NCc2cccnc2)cc1F. The molecule has 0 spiro atoms. The van der Waals surface area contributed by atoms with E-state index in [1.807, 2.05) is 18.2 Å². The molecule has 1 N–H and O–H groups in total. The van der Waals surface area contributed by atoms with E-state index < -0.39 is 0 Å². The molecule has 1 aromatic carbocycles. The van der Waals surface area contributed by atoms with Crippen LogP contribution in [-0.4, -0.2) is 4.98 Å². The fraction of sp³-hybridized carbons (Fsp3) is 0.154. The van der Waals surface area contributed by atoms with Crippen molar-refractivity contribution < 1.29 is 4.39 Å². The number of aromatic nitrogens is 1. The van der Waals surface area contributed by atoms with E-state index in [1.54, 1.807) is 25.4 Å². The second kappa shape index (κ2) is 4.75. The van der Waals surface area contributed by atoms with Crippen molar-refractivity contribution in [1.82, 2.24) is 4.98 Å². The van der Waals surface area contributed by atoms with E-state index in [4.69, 9.17) is 0 Å². The Morgan fingerprint density at radius 1 is 1.31 bits per heavy atom. The normalized spacial score (nSPS) is 10.1. The van der Waals surface area contributed by atoms with Crippen LogP contribution in [0.5, 0.6) is 0 Å². The van der Waals surface area contributed by atoms with E-state index in [-0.39, 0.29) is 5.82 Å². The number of hydrogen-bond acceptors (Lipinski definition) is 2. The zero-order chi connectivity index (χ0) is 11.4. The van der Waals surface area contributed by atoms with Gasteiger partial charge >= 0.3 is 0 Å². The summed E-state index contributed by atoms with van der Waals surface area (Å²) < 4.78 is 13.3. The summed E-state index contributed by atoms with van der Waals surface area (Å²) >= 11 is 0. The van der Waals surface area contributed by atoms with Crippen LogP contribution in [0.15, 0.2) is 42.7 Å². The largest absolute Gasteiger partial charge is 0.381 e. The van der Waals surface area contributed by atoms with Gasteiger partial charge in [-0.25, -0.2) is 4.39 Å². The summed E-state index contributed by atoms with van der Waals surface area (Å²) in [5, 5.41) is 3.15. The number of halogens is 1. The van der Waals surface area contributed by atoms with Gasteiger partial charge in [-0.1, -0.05) is 12.1 Å². The van der Waals surface area contributed by atoms with Gasteiger partial charge in [0.25, 0.3) is 0 Å². The predicted octanol–water partition coefficient (Wildman–Crippen LogP) is 3.14. The zero-order valence-corrected chi connectivity index (χ0v) is 9.07. The number of benzene rings is 1. The van der Waals surface area contributed by atoms with Crippen molar-refractivity contribution in [3.8, 4) is 0 Å². The van der Waals surface area contributed by atoms with Crippen molar-refractivity contribution in [2.75, 3.05) is 5.32 Å². The van der Waals surface area contributed by atoms with Gasteiger partial charge in [0.15, 0.2) is 0 Å². The molecule has 0 bridgehead atoms. The Labute approximate surface area is 94.2 Å². The summed E-state index contributed by atoms with van der Waals surface area (Å²) in [6.07, 6.45) is 3.52. The van der Waals surface area contributed by atoms with Gasteiger partial charge in [-0.05, 0) is 36.2 Å². The number of nitrogens with zero attached hydrogens (tertiary/aromatic N) is 1. The molecular formula is C13H13FN2. The number of nitrogens with one attached hydrogen (secondary N) is 1. The number of anilines is 1. The molecule has 0 saturated heterocycles. The van der Waals surface area contributed by atoms with Gasteiger partial charge < -0.3 is 5.32 Å². The first-order chi connectivity index (χ1) is 7.75. The molecule has 82 valence electrons. The lowest BCUT2D eigenvalue weighted by molar-refractivity contribution is 0.619. The van der Waals surface area contributed by atoms with Crippen LogP contribution in [-0.2, 0) is 6.54 Å². The summed E-state index contributed by atoms with van der Waals surface area (Å²) in [5.74, 6) is -0.184. The van der Waals surface area contributed by atoms with Gasteiger partial charge in [-0.15, -0.1) is 0 Å². The predicted molar refractivity (Wildman–Crippen MR) is 62.7 cm³/mol. The molecule has 0 aliphatic heterocycles. The van der Waals surface area contributed by atoms with Crippen molar-refractivity contribution >= 4 is 5.69 Å². The van der Waals surface area contributed by atoms with Crippen molar-refractivity contribution in [3.05, 3.63) is 59.7 Å². The molecule has 1 heterocycles. The third-order valence-corrected chi connectivity index (χ3v) is 2.39. The Bertz CT molecular complexity index is 469. The maximum Gasteiger partial charge on any atom is 0.128 e. The van der Waals surface area contributed by atoms with E-state index in [0.717, 1.165) is 11.3 Å². The van der Waals surface area contributed by atoms with Gasteiger partial charge in [0, 0.05) is 24.6 Å². The van der Waals surface area contributed by atoms with E-state index in [2.05, 4.69) is 10.3 Å². The van der Waals surface area contributed by atoms with Crippen LogP contribution in [0.4, 0.5) is 10.1 Å². The minimum atomic E-state index is -0.184. The average molecular weight is 216 g/mol. The van der Waals surface area contributed by atoms with Crippen molar-refractivity contribution in [1.29, 1.82) is 0 Å². The number of hydrogen-bond donors (Lipinski definition) is 1. The highest BCUT2D eigenvalue weighted by molar-refractivity contribution is 5.45. The number of rotatable bonds is 3. The summed E-state index contributed by atoms with van der Waals surface area (Å²) in [4.78, 5) is 4.01. The van der Waals surface area contributed by atoms with Gasteiger partial charge in [0.05, 0.1) is 0 Å². The molecule has 0 fully saturated rings. The average Bonchev–Trinajstić information content (AvgIpc) is 2.32. The summed E-state index contributed by atoms with van der Waals surface area (Å²) in [5.41, 5.74) is 2.52. The van der Waals surface area contributed by atoms with E-state index >= 15 is 0 Å². The lowest BCUT2D eigenvalue weighted by Gasteiger charge is -2.07. The van der Waals surface area contributed by atoms with Crippen LogP contribution >= 0.6 is 0 Å². The number of pyridine rings is 1. The molecule has 1 aromatic heterocycles. The molecule has 2 aromatic rings. The molecule has 0 saturated carbocycles. The lowest BCUT2D eigenvalue weighted by atomic mass is 10.2. The zero-order valence-electron chi connectivity index (χ0n) is 9.07. The Balaban J connectivity index is 2.03. The van der Waals surface area contributed by atoms with Crippen LogP contribution in [0.3, 0.4) is 0 Å². The lowest BCUT2D eigenvalue weighted by Crippen LogP contribution is -2.00. The molecule has 2 rings (SSSR count). The van der Waals surface area contributed by atoms with Crippen LogP contribution in [0, 0.1) is 12.7 Å². The van der Waals surface area contributed by atoms with E-state index in [1.165, 1.54) is 6.07 Å². The first-order valence-electron chi connectivity index (χ1n) is 5.14.